The molecule has 27 heavy (non-hydrogen) atoms. The molecular weight excluding hydrogens is 336 g/mol. The van der Waals surface area contributed by atoms with Gasteiger partial charge in [0.25, 0.3) is 5.91 Å². The van der Waals surface area contributed by atoms with Gasteiger partial charge in [-0.3, -0.25) is 9.78 Å². The lowest BCUT2D eigenvalue weighted by atomic mass is 10.2. The number of piperazine rings is 1. The van der Waals surface area contributed by atoms with Gasteiger partial charge in [0, 0.05) is 49.4 Å². The van der Waals surface area contributed by atoms with Gasteiger partial charge in [-0.2, -0.15) is 0 Å². The lowest BCUT2D eigenvalue weighted by molar-refractivity contribution is 0.102. The van der Waals surface area contributed by atoms with E-state index in [1.807, 2.05) is 48.5 Å². The third-order valence-electron chi connectivity index (χ3n) is 4.77. The molecule has 5 nitrogen and oxygen atoms in total. The van der Waals surface area contributed by atoms with Crippen LogP contribution >= 0.6 is 0 Å². The molecule has 1 amide bonds. The Morgan fingerprint density at radius 1 is 0.778 bits per heavy atom. The van der Waals surface area contributed by atoms with Gasteiger partial charge in [0.05, 0.1) is 0 Å². The van der Waals surface area contributed by atoms with E-state index in [-0.39, 0.29) is 5.91 Å². The highest BCUT2D eigenvalue weighted by Gasteiger charge is 2.18. The van der Waals surface area contributed by atoms with Crippen molar-refractivity contribution in [1.82, 2.24) is 4.98 Å². The van der Waals surface area contributed by atoms with Gasteiger partial charge < -0.3 is 15.1 Å². The largest absolute Gasteiger partial charge is 0.368 e. The fraction of sp³-hybridized carbons (Fsp3) is 0.182. The van der Waals surface area contributed by atoms with Crippen molar-refractivity contribution in [2.45, 2.75) is 0 Å². The predicted octanol–water partition coefficient (Wildman–Crippen LogP) is 3.66. The minimum atomic E-state index is -0.189. The number of hydrogen-bond donors (Lipinski definition) is 1. The highest BCUT2D eigenvalue weighted by Crippen LogP contribution is 2.21. The molecule has 0 radical (unpaired) electrons. The first kappa shape index (κ1) is 17.1. The lowest BCUT2D eigenvalue weighted by Gasteiger charge is -2.37. The van der Waals surface area contributed by atoms with Gasteiger partial charge in [0.2, 0.25) is 0 Å². The van der Waals surface area contributed by atoms with Crippen molar-refractivity contribution in [2.24, 2.45) is 0 Å². The molecule has 2 aromatic carbocycles. The first-order chi connectivity index (χ1) is 13.3. The average Bonchev–Trinajstić information content (AvgIpc) is 2.75. The average molecular weight is 358 g/mol. The number of amides is 1. The molecular formula is C22H22N4O. The zero-order chi connectivity index (χ0) is 18.5. The summed E-state index contributed by atoms with van der Waals surface area (Å²) in [5.74, 6) is -0.189. The van der Waals surface area contributed by atoms with Gasteiger partial charge in [-0.25, -0.2) is 0 Å². The van der Waals surface area contributed by atoms with Gasteiger partial charge >= 0.3 is 0 Å². The van der Waals surface area contributed by atoms with E-state index in [9.17, 15) is 4.79 Å². The van der Waals surface area contributed by atoms with Gasteiger partial charge in [0.1, 0.15) is 5.69 Å². The molecule has 0 saturated carbocycles. The van der Waals surface area contributed by atoms with E-state index in [1.54, 1.807) is 6.20 Å². The number of carbonyl (C=O) groups is 1. The molecule has 0 bridgehead atoms. The van der Waals surface area contributed by atoms with E-state index in [0.717, 1.165) is 37.6 Å². The number of pyridine rings is 1. The summed E-state index contributed by atoms with van der Waals surface area (Å²) in [5.41, 5.74) is 3.50. The molecule has 0 aliphatic carbocycles. The molecule has 1 fully saturated rings. The summed E-state index contributed by atoms with van der Waals surface area (Å²) in [6.07, 6.45) is 1.71. The zero-order valence-electron chi connectivity index (χ0n) is 15.1. The standard InChI is InChI=1S/C22H22N4O/c27-22(24-18-7-3-1-4-8-18)21-17-20(11-12-23-21)26-15-13-25(14-16-26)19-9-5-2-6-10-19/h1-12,17H,13-16H2,(H,24,27). The number of hydrogen-bond acceptors (Lipinski definition) is 4. The van der Waals surface area contributed by atoms with E-state index in [2.05, 4.69) is 44.4 Å². The lowest BCUT2D eigenvalue weighted by Crippen LogP contribution is -2.46. The highest BCUT2D eigenvalue weighted by molar-refractivity contribution is 6.03. The molecule has 2 heterocycles. The molecule has 1 aliphatic rings. The Labute approximate surface area is 159 Å². The van der Waals surface area contributed by atoms with Crippen LogP contribution in [0.1, 0.15) is 10.5 Å². The molecule has 5 heteroatoms. The second-order valence-corrected chi connectivity index (χ2v) is 6.53. The van der Waals surface area contributed by atoms with Crippen LogP contribution in [-0.4, -0.2) is 37.1 Å². The molecule has 1 N–H and O–H groups in total. The number of benzene rings is 2. The Balaban J connectivity index is 1.42. The minimum absolute atomic E-state index is 0.189. The Morgan fingerprint density at radius 2 is 1.37 bits per heavy atom. The minimum Gasteiger partial charge on any atom is -0.368 e. The summed E-state index contributed by atoms with van der Waals surface area (Å²) in [4.78, 5) is 21.4. The van der Waals surface area contributed by atoms with Crippen molar-refractivity contribution in [3.63, 3.8) is 0 Å². The van der Waals surface area contributed by atoms with Gasteiger partial charge in [-0.1, -0.05) is 36.4 Å². The number of aromatic nitrogens is 1. The monoisotopic (exact) mass is 358 g/mol. The fourth-order valence-corrected chi connectivity index (χ4v) is 3.32. The summed E-state index contributed by atoms with van der Waals surface area (Å²) in [5, 5.41) is 2.89. The van der Waals surface area contributed by atoms with Crippen LogP contribution in [0, 0.1) is 0 Å². The number of nitrogens with zero attached hydrogens (tertiary/aromatic N) is 3. The Kier molecular flexibility index (Phi) is 5.01. The van der Waals surface area contributed by atoms with Crippen molar-refractivity contribution in [3.05, 3.63) is 84.7 Å². The van der Waals surface area contributed by atoms with E-state index in [0.29, 0.717) is 5.69 Å². The first-order valence-electron chi connectivity index (χ1n) is 9.17. The summed E-state index contributed by atoms with van der Waals surface area (Å²) >= 11 is 0. The van der Waals surface area contributed by atoms with Crippen LogP contribution in [0.25, 0.3) is 0 Å². The maximum atomic E-state index is 12.5. The molecule has 0 spiro atoms. The maximum absolute atomic E-state index is 12.5. The van der Waals surface area contributed by atoms with Crippen LogP contribution in [0.5, 0.6) is 0 Å². The van der Waals surface area contributed by atoms with E-state index >= 15 is 0 Å². The van der Waals surface area contributed by atoms with Crippen molar-refractivity contribution < 1.29 is 4.79 Å². The van der Waals surface area contributed by atoms with Crippen molar-refractivity contribution in [2.75, 3.05) is 41.3 Å². The van der Waals surface area contributed by atoms with Crippen molar-refractivity contribution in [3.8, 4) is 0 Å². The van der Waals surface area contributed by atoms with Crippen LogP contribution in [0.2, 0.25) is 0 Å². The molecule has 4 rings (SSSR count). The van der Waals surface area contributed by atoms with E-state index in [4.69, 9.17) is 0 Å². The third-order valence-corrected chi connectivity index (χ3v) is 4.77. The van der Waals surface area contributed by atoms with Gasteiger partial charge in [0.15, 0.2) is 0 Å². The zero-order valence-corrected chi connectivity index (χ0v) is 15.1. The molecule has 136 valence electrons. The van der Waals surface area contributed by atoms with Crippen molar-refractivity contribution in [1.29, 1.82) is 0 Å². The smallest absolute Gasteiger partial charge is 0.274 e. The number of anilines is 3. The van der Waals surface area contributed by atoms with Crippen LogP contribution < -0.4 is 15.1 Å². The third kappa shape index (κ3) is 4.08. The van der Waals surface area contributed by atoms with Gasteiger partial charge in [-0.15, -0.1) is 0 Å². The SMILES string of the molecule is O=C(Nc1ccccc1)c1cc(N2CCN(c3ccccc3)CC2)ccn1. The van der Waals surface area contributed by atoms with Crippen molar-refractivity contribution >= 4 is 23.0 Å². The summed E-state index contributed by atoms with van der Waals surface area (Å²) in [6.45, 7) is 3.74. The predicted molar refractivity (Wildman–Crippen MR) is 110 cm³/mol. The Bertz CT molecular complexity index is 890. The molecule has 1 aliphatic heterocycles. The summed E-state index contributed by atoms with van der Waals surface area (Å²) < 4.78 is 0. The first-order valence-corrected chi connectivity index (χ1v) is 9.17. The fourth-order valence-electron chi connectivity index (χ4n) is 3.32. The number of para-hydroxylation sites is 2. The van der Waals surface area contributed by atoms with Crippen LogP contribution in [0.3, 0.4) is 0 Å². The summed E-state index contributed by atoms with van der Waals surface area (Å²) in [7, 11) is 0. The van der Waals surface area contributed by atoms with Crippen LogP contribution in [-0.2, 0) is 0 Å². The number of nitrogens with one attached hydrogen (secondary N) is 1. The Hall–Kier alpha value is -3.34. The molecule has 1 saturated heterocycles. The molecule has 0 unspecified atom stereocenters. The second-order valence-electron chi connectivity index (χ2n) is 6.53. The normalized spacial score (nSPS) is 14.1. The number of rotatable bonds is 4. The summed E-state index contributed by atoms with van der Waals surface area (Å²) in [6, 6.07) is 23.8. The van der Waals surface area contributed by atoms with E-state index in [1.165, 1.54) is 5.69 Å². The topological polar surface area (TPSA) is 48.5 Å². The Morgan fingerprint density at radius 3 is 2.04 bits per heavy atom. The quantitative estimate of drug-likeness (QED) is 0.773. The van der Waals surface area contributed by atoms with Gasteiger partial charge in [-0.05, 0) is 36.4 Å². The molecule has 3 aromatic rings. The maximum Gasteiger partial charge on any atom is 0.274 e. The van der Waals surface area contributed by atoms with E-state index < -0.39 is 0 Å². The highest BCUT2D eigenvalue weighted by atomic mass is 16.1. The number of carbonyl (C=O) groups excluding carboxylic acids is 1. The molecule has 1 aromatic heterocycles. The van der Waals surface area contributed by atoms with Crippen LogP contribution in [0.15, 0.2) is 79.0 Å². The second kappa shape index (κ2) is 7.91. The molecule has 0 atom stereocenters. The van der Waals surface area contributed by atoms with Crippen LogP contribution in [0.4, 0.5) is 17.1 Å².